The number of hydrogen-bond acceptors (Lipinski definition) is 4. The molecule has 0 heterocycles. The van der Waals surface area contributed by atoms with Crippen molar-refractivity contribution in [2.24, 2.45) is 0 Å². The first-order chi connectivity index (χ1) is 12.3. The van der Waals surface area contributed by atoms with Gasteiger partial charge in [0, 0.05) is 17.2 Å². The highest BCUT2D eigenvalue weighted by Crippen LogP contribution is 2.31. The topological polar surface area (TPSA) is 84.9 Å². The predicted octanol–water partition coefficient (Wildman–Crippen LogP) is 3.27. The molecule has 1 amide bonds. The number of methoxy groups -OCH3 is 2. The van der Waals surface area contributed by atoms with Crippen LogP contribution in [-0.2, 0) is 4.79 Å². The number of nitrogens with one attached hydrogen (secondary N) is 1. The molecule has 0 saturated carbocycles. The molecule has 1 unspecified atom stereocenters. The minimum Gasteiger partial charge on any atom is -0.497 e. The number of ether oxygens (including phenoxy) is 2. The lowest BCUT2D eigenvalue weighted by atomic mass is 10.0. The predicted molar refractivity (Wildman–Crippen MR) is 97.9 cm³/mol. The van der Waals surface area contributed by atoms with Gasteiger partial charge in [-0.1, -0.05) is 6.07 Å². The molecule has 0 fully saturated rings. The summed E-state index contributed by atoms with van der Waals surface area (Å²) in [6, 6.07) is 9.70. The summed E-state index contributed by atoms with van der Waals surface area (Å²) in [5, 5.41) is 12.1. The molecule has 0 aromatic heterocycles. The molecule has 0 aliphatic carbocycles. The van der Waals surface area contributed by atoms with Gasteiger partial charge >= 0.3 is 5.97 Å². The molecule has 0 bridgehead atoms. The molecule has 0 aliphatic heterocycles. The van der Waals surface area contributed by atoms with Crippen molar-refractivity contribution in [3.8, 4) is 11.5 Å². The van der Waals surface area contributed by atoms with Gasteiger partial charge in [0.1, 0.15) is 11.5 Å². The van der Waals surface area contributed by atoms with E-state index >= 15 is 0 Å². The van der Waals surface area contributed by atoms with E-state index in [4.69, 9.17) is 9.47 Å². The van der Waals surface area contributed by atoms with Gasteiger partial charge in [-0.3, -0.25) is 9.59 Å². The summed E-state index contributed by atoms with van der Waals surface area (Å²) < 4.78 is 10.5. The van der Waals surface area contributed by atoms with Crippen molar-refractivity contribution >= 4 is 11.9 Å². The number of rotatable bonds is 7. The quantitative estimate of drug-likeness (QED) is 0.794. The van der Waals surface area contributed by atoms with Crippen LogP contribution in [0.15, 0.2) is 36.4 Å². The van der Waals surface area contributed by atoms with Gasteiger partial charge in [0.2, 0.25) is 0 Å². The number of carboxylic acid groups (broad SMARTS) is 1. The molecular formula is C20H23NO5. The van der Waals surface area contributed by atoms with E-state index in [1.807, 2.05) is 19.9 Å². The third-order valence-electron chi connectivity index (χ3n) is 4.27. The maximum atomic E-state index is 12.6. The van der Waals surface area contributed by atoms with Gasteiger partial charge in [0.15, 0.2) is 0 Å². The fourth-order valence-electron chi connectivity index (χ4n) is 2.64. The lowest BCUT2D eigenvalue weighted by Crippen LogP contribution is -2.30. The van der Waals surface area contributed by atoms with Crippen LogP contribution in [0.1, 0.15) is 39.5 Å². The summed E-state index contributed by atoms with van der Waals surface area (Å²) in [5.74, 6) is -0.318. The van der Waals surface area contributed by atoms with Crippen molar-refractivity contribution in [3.63, 3.8) is 0 Å². The molecule has 2 rings (SSSR count). The van der Waals surface area contributed by atoms with Gasteiger partial charge in [-0.05, 0) is 49.2 Å². The second-order valence-electron chi connectivity index (χ2n) is 6.03. The number of aryl methyl sites for hydroxylation is 2. The minimum atomic E-state index is -1.02. The van der Waals surface area contributed by atoms with Crippen molar-refractivity contribution in [3.05, 3.63) is 58.7 Å². The summed E-state index contributed by atoms with van der Waals surface area (Å²) >= 11 is 0. The monoisotopic (exact) mass is 357 g/mol. The zero-order valence-corrected chi connectivity index (χ0v) is 15.3. The number of carboxylic acids is 1. The van der Waals surface area contributed by atoms with E-state index in [1.54, 1.807) is 30.3 Å². The molecule has 0 radical (unpaired) electrons. The average Bonchev–Trinajstić information content (AvgIpc) is 2.62. The van der Waals surface area contributed by atoms with Crippen molar-refractivity contribution in [1.29, 1.82) is 0 Å². The number of carbonyl (C=O) groups excluding carboxylic acids is 1. The minimum absolute atomic E-state index is 0.265. The van der Waals surface area contributed by atoms with Gasteiger partial charge in [0.25, 0.3) is 5.91 Å². The highest BCUT2D eigenvalue weighted by molar-refractivity contribution is 5.95. The Hall–Kier alpha value is -3.02. The molecule has 2 N–H and O–H groups in total. The van der Waals surface area contributed by atoms with Crippen molar-refractivity contribution < 1.29 is 24.2 Å². The Balaban J connectivity index is 2.34. The van der Waals surface area contributed by atoms with Gasteiger partial charge in [-0.15, -0.1) is 0 Å². The fraction of sp³-hybridized carbons (Fsp3) is 0.300. The molecule has 138 valence electrons. The Kier molecular flexibility index (Phi) is 6.22. The summed E-state index contributed by atoms with van der Waals surface area (Å²) in [6.45, 7) is 3.89. The molecule has 0 aliphatic rings. The number of carbonyl (C=O) groups is 2. The molecule has 2 aromatic carbocycles. The molecular weight excluding hydrogens is 334 g/mol. The Morgan fingerprint density at radius 3 is 2.35 bits per heavy atom. The van der Waals surface area contributed by atoms with Gasteiger partial charge < -0.3 is 19.9 Å². The molecule has 1 atom stereocenters. The zero-order valence-electron chi connectivity index (χ0n) is 15.3. The van der Waals surface area contributed by atoms with E-state index in [9.17, 15) is 14.7 Å². The molecule has 0 saturated heterocycles. The van der Waals surface area contributed by atoms with E-state index in [2.05, 4.69) is 5.32 Å². The van der Waals surface area contributed by atoms with Crippen molar-refractivity contribution in [2.75, 3.05) is 14.2 Å². The van der Waals surface area contributed by atoms with Crippen LogP contribution >= 0.6 is 0 Å². The van der Waals surface area contributed by atoms with Crippen LogP contribution in [-0.4, -0.2) is 31.2 Å². The van der Waals surface area contributed by atoms with E-state index in [0.717, 1.165) is 11.1 Å². The van der Waals surface area contributed by atoms with Crippen molar-refractivity contribution in [2.45, 2.75) is 26.3 Å². The number of amides is 1. The number of benzene rings is 2. The normalized spacial score (nSPS) is 11.5. The highest BCUT2D eigenvalue weighted by atomic mass is 16.5. The van der Waals surface area contributed by atoms with Crippen LogP contribution in [0, 0.1) is 13.8 Å². The van der Waals surface area contributed by atoms with Gasteiger partial charge in [0.05, 0.1) is 26.7 Å². The first kappa shape index (κ1) is 19.3. The second kappa shape index (κ2) is 8.38. The fourth-order valence-corrected chi connectivity index (χ4v) is 2.64. The maximum Gasteiger partial charge on any atom is 0.305 e. The van der Waals surface area contributed by atoms with Gasteiger partial charge in [-0.2, -0.15) is 0 Å². The highest BCUT2D eigenvalue weighted by Gasteiger charge is 2.22. The Bertz CT molecular complexity index is 816. The lowest BCUT2D eigenvalue weighted by Gasteiger charge is -2.20. The summed E-state index contributed by atoms with van der Waals surface area (Å²) in [4.78, 5) is 23.9. The Labute approximate surface area is 152 Å². The zero-order chi connectivity index (χ0) is 19.3. The second-order valence-corrected chi connectivity index (χ2v) is 6.03. The largest absolute Gasteiger partial charge is 0.497 e. The Morgan fingerprint density at radius 2 is 1.77 bits per heavy atom. The summed E-state index contributed by atoms with van der Waals surface area (Å²) in [6.07, 6.45) is -0.265. The van der Waals surface area contributed by atoms with Crippen LogP contribution < -0.4 is 14.8 Å². The van der Waals surface area contributed by atoms with Crippen LogP contribution in [0.25, 0.3) is 0 Å². The SMILES string of the molecule is COc1ccc(C(CC(=O)O)NC(=O)c2ccc(C)c(C)c2)c(OC)c1. The first-order valence-electron chi connectivity index (χ1n) is 8.17. The average molecular weight is 357 g/mol. The third-order valence-corrected chi connectivity index (χ3v) is 4.27. The van der Waals surface area contributed by atoms with E-state index in [-0.39, 0.29) is 12.3 Å². The van der Waals surface area contributed by atoms with Crippen LogP contribution in [0.5, 0.6) is 11.5 Å². The Morgan fingerprint density at radius 1 is 1.04 bits per heavy atom. The van der Waals surface area contributed by atoms with E-state index < -0.39 is 12.0 Å². The van der Waals surface area contributed by atoms with Crippen LogP contribution in [0.2, 0.25) is 0 Å². The first-order valence-corrected chi connectivity index (χ1v) is 8.17. The van der Waals surface area contributed by atoms with Gasteiger partial charge in [-0.25, -0.2) is 0 Å². The summed E-state index contributed by atoms with van der Waals surface area (Å²) in [7, 11) is 3.02. The maximum absolute atomic E-state index is 12.6. The standard InChI is InChI=1S/C20H23NO5/c1-12-5-6-14(9-13(12)2)20(24)21-17(11-19(22)23)16-8-7-15(25-3)10-18(16)26-4/h5-10,17H,11H2,1-4H3,(H,21,24)(H,22,23). The smallest absolute Gasteiger partial charge is 0.305 e. The van der Waals surface area contributed by atoms with E-state index in [1.165, 1.54) is 14.2 Å². The van der Waals surface area contributed by atoms with Crippen LogP contribution in [0.3, 0.4) is 0 Å². The lowest BCUT2D eigenvalue weighted by molar-refractivity contribution is -0.137. The number of hydrogen-bond donors (Lipinski definition) is 2. The molecule has 2 aromatic rings. The van der Waals surface area contributed by atoms with E-state index in [0.29, 0.717) is 22.6 Å². The van der Waals surface area contributed by atoms with Crippen LogP contribution in [0.4, 0.5) is 0 Å². The molecule has 6 nitrogen and oxygen atoms in total. The third kappa shape index (κ3) is 4.53. The molecule has 6 heteroatoms. The van der Waals surface area contributed by atoms with Crippen molar-refractivity contribution in [1.82, 2.24) is 5.32 Å². The molecule has 26 heavy (non-hydrogen) atoms. The molecule has 0 spiro atoms. The number of aliphatic carboxylic acids is 1. The summed E-state index contributed by atoms with van der Waals surface area (Å²) in [5.41, 5.74) is 3.14.